The van der Waals surface area contributed by atoms with E-state index in [4.69, 9.17) is 16.3 Å². The van der Waals surface area contributed by atoms with Gasteiger partial charge in [-0.3, -0.25) is 0 Å². The minimum atomic E-state index is 0.645. The van der Waals surface area contributed by atoms with Gasteiger partial charge in [-0.15, -0.1) is 10.2 Å². The summed E-state index contributed by atoms with van der Waals surface area (Å²) in [6.07, 6.45) is 1.68. The van der Waals surface area contributed by atoms with Crippen LogP contribution in [0, 0.1) is 0 Å². The minimum Gasteiger partial charge on any atom is -0.496 e. The first kappa shape index (κ1) is 12.9. The summed E-state index contributed by atoms with van der Waals surface area (Å²) in [6, 6.07) is 5.57. The van der Waals surface area contributed by atoms with Crippen molar-refractivity contribution < 1.29 is 4.74 Å². The van der Waals surface area contributed by atoms with E-state index in [-0.39, 0.29) is 0 Å². The van der Waals surface area contributed by atoms with E-state index < -0.39 is 0 Å². The Kier molecular flexibility index (Phi) is 4.17. The standard InChI is InChI=1S/C12H15ClN4O/c1-17-8-15-16-12(17)7-14-6-9-5-10(13)3-4-11(9)18-2/h3-5,8,14H,6-7H2,1-2H3. The van der Waals surface area contributed by atoms with Crippen LogP contribution >= 0.6 is 11.6 Å². The number of benzene rings is 1. The van der Waals surface area contributed by atoms with E-state index >= 15 is 0 Å². The van der Waals surface area contributed by atoms with Gasteiger partial charge < -0.3 is 14.6 Å². The van der Waals surface area contributed by atoms with Gasteiger partial charge in [-0.1, -0.05) is 11.6 Å². The molecular formula is C12H15ClN4O. The van der Waals surface area contributed by atoms with E-state index in [9.17, 15) is 0 Å². The van der Waals surface area contributed by atoms with Gasteiger partial charge in [-0.05, 0) is 18.2 Å². The molecule has 18 heavy (non-hydrogen) atoms. The number of hydrogen-bond acceptors (Lipinski definition) is 4. The first-order valence-corrected chi connectivity index (χ1v) is 5.94. The van der Waals surface area contributed by atoms with Crippen molar-refractivity contribution in [2.75, 3.05) is 7.11 Å². The molecule has 0 saturated heterocycles. The summed E-state index contributed by atoms with van der Waals surface area (Å²) in [7, 11) is 3.56. The molecule has 2 rings (SSSR count). The van der Waals surface area contributed by atoms with Gasteiger partial charge in [0.2, 0.25) is 0 Å². The Morgan fingerprint density at radius 2 is 2.22 bits per heavy atom. The summed E-state index contributed by atoms with van der Waals surface area (Å²) < 4.78 is 7.16. The van der Waals surface area contributed by atoms with Crippen molar-refractivity contribution in [1.29, 1.82) is 0 Å². The maximum Gasteiger partial charge on any atom is 0.146 e. The fourth-order valence-electron chi connectivity index (χ4n) is 1.66. The van der Waals surface area contributed by atoms with E-state index in [0.717, 1.165) is 17.1 Å². The number of ether oxygens (including phenoxy) is 1. The summed E-state index contributed by atoms with van der Waals surface area (Å²) in [5.41, 5.74) is 1.02. The van der Waals surface area contributed by atoms with Gasteiger partial charge in [0.15, 0.2) is 0 Å². The Hall–Kier alpha value is -1.59. The second-order valence-corrected chi connectivity index (χ2v) is 4.35. The lowest BCUT2D eigenvalue weighted by molar-refractivity contribution is 0.407. The number of nitrogens with one attached hydrogen (secondary N) is 1. The molecule has 5 nitrogen and oxygen atoms in total. The molecule has 1 N–H and O–H groups in total. The Balaban J connectivity index is 1.98. The summed E-state index contributed by atoms with van der Waals surface area (Å²) in [5.74, 6) is 1.71. The Bertz CT molecular complexity index is 527. The summed E-state index contributed by atoms with van der Waals surface area (Å²) in [5, 5.41) is 11.8. The SMILES string of the molecule is COc1ccc(Cl)cc1CNCc1nncn1C. The number of nitrogens with zero attached hydrogens (tertiary/aromatic N) is 3. The highest BCUT2D eigenvalue weighted by molar-refractivity contribution is 6.30. The quantitative estimate of drug-likeness (QED) is 0.896. The van der Waals surface area contributed by atoms with Crippen molar-refractivity contribution in [3.05, 3.63) is 40.9 Å². The molecule has 0 radical (unpaired) electrons. The van der Waals surface area contributed by atoms with Crippen molar-refractivity contribution in [2.24, 2.45) is 7.05 Å². The number of hydrogen-bond donors (Lipinski definition) is 1. The molecule has 0 aliphatic heterocycles. The Morgan fingerprint density at radius 1 is 1.39 bits per heavy atom. The average Bonchev–Trinajstić information content (AvgIpc) is 2.76. The van der Waals surface area contributed by atoms with Crippen LogP contribution in [0.5, 0.6) is 5.75 Å². The molecule has 1 aromatic heterocycles. The molecule has 0 saturated carbocycles. The van der Waals surface area contributed by atoms with E-state index in [1.54, 1.807) is 13.4 Å². The minimum absolute atomic E-state index is 0.645. The van der Waals surface area contributed by atoms with Crippen molar-refractivity contribution in [2.45, 2.75) is 13.1 Å². The smallest absolute Gasteiger partial charge is 0.146 e. The summed E-state index contributed by atoms with van der Waals surface area (Å²) in [4.78, 5) is 0. The normalized spacial score (nSPS) is 10.6. The molecular weight excluding hydrogens is 252 g/mol. The van der Waals surface area contributed by atoms with E-state index in [2.05, 4.69) is 15.5 Å². The maximum absolute atomic E-state index is 5.97. The van der Waals surface area contributed by atoms with Gasteiger partial charge >= 0.3 is 0 Å². The number of aromatic nitrogens is 3. The third kappa shape index (κ3) is 3.00. The van der Waals surface area contributed by atoms with Gasteiger partial charge in [0.25, 0.3) is 0 Å². The van der Waals surface area contributed by atoms with Crippen LogP contribution in [0.1, 0.15) is 11.4 Å². The highest BCUT2D eigenvalue weighted by Gasteiger charge is 2.05. The molecule has 0 fully saturated rings. The predicted molar refractivity (Wildman–Crippen MR) is 69.6 cm³/mol. The van der Waals surface area contributed by atoms with Crippen LogP contribution < -0.4 is 10.1 Å². The molecule has 0 unspecified atom stereocenters. The van der Waals surface area contributed by atoms with Gasteiger partial charge in [0, 0.05) is 24.2 Å². The van der Waals surface area contributed by atoms with Crippen molar-refractivity contribution in [1.82, 2.24) is 20.1 Å². The first-order valence-electron chi connectivity index (χ1n) is 5.56. The summed E-state index contributed by atoms with van der Waals surface area (Å²) >= 11 is 5.97. The van der Waals surface area contributed by atoms with E-state index in [1.165, 1.54) is 0 Å². The second-order valence-electron chi connectivity index (χ2n) is 3.92. The topological polar surface area (TPSA) is 52.0 Å². The predicted octanol–water partition coefficient (Wildman–Crippen LogP) is 1.77. The second kappa shape index (κ2) is 5.84. The van der Waals surface area contributed by atoms with Gasteiger partial charge in [-0.25, -0.2) is 0 Å². The van der Waals surface area contributed by atoms with Crippen LogP contribution in [0.3, 0.4) is 0 Å². The highest BCUT2D eigenvalue weighted by atomic mass is 35.5. The zero-order valence-electron chi connectivity index (χ0n) is 10.4. The lowest BCUT2D eigenvalue weighted by atomic mass is 10.2. The van der Waals surface area contributed by atoms with Gasteiger partial charge in [0.1, 0.15) is 17.9 Å². The molecule has 2 aromatic rings. The van der Waals surface area contributed by atoms with E-state index in [0.29, 0.717) is 18.1 Å². The van der Waals surface area contributed by atoms with Crippen LogP contribution in [-0.4, -0.2) is 21.9 Å². The third-order valence-electron chi connectivity index (χ3n) is 2.65. The first-order chi connectivity index (χ1) is 8.70. The molecule has 0 amide bonds. The molecule has 0 bridgehead atoms. The van der Waals surface area contributed by atoms with Crippen LogP contribution in [0.2, 0.25) is 5.02 Å². The number of halogens is 1. The lowest BCUT2D eigenvalue weighted by Gasteiger charge is -2.09. The highest BCUT2D eigenvalue weighted by Crippen LogP contribution is 2.22. The number of rotatable bonds is 5. The zero-order valence-corrected chi connectivity index (χ0v) is 11.1. The molecule has 0 spiro atoms. The molecule has 1 aromatic carbocycles. The molecule has 0 aliphatic rings. The largest absolute Gasteiger partial charge is 0.496 e. The van der Waals surface area contributed by atoms with Crippen molar-refractivity contribution in [3.63, 3.8) is 0 Å². The van der Waals surface area contributed by atoms with Gasteiger partial charge in [0.05, 0.1) is 13.7 Å². The third-order valence-corrected chi connectivity index (χ3v) is 2.88. The van der Waals surface area contributed by atoms with Crippen LogP contribution in [0.4, 0.5) is 0 Å². The van der Waals surface area contributed by atoms with Crippen molar-refractivity contribution >= 4 is 11.6 Å². The fraction of sp³-hybridized carbons (Fsp3) is 0.333. The number of methoxy groups -OCH3 is 1. The molecule has 96 valence electrons. The van der Waals surface area contributed by atoms with Crippen molar-refractivity contribution in [3.8, 4) is 5.75 Å². The Labute approximate surface area is 111 Å². The lowest BCUT2D eigenvalue weighted by Crippen LogP contribution is -2.16. The number of aryl methyl sites for hydroxylation is 1. The summed E-state index contributed by atoms with van der Waals surface area (Å²) in [6.45, 7) is 1.31. The molecule has 0 aliphatic carbocycles. The fourth-order valence-corrected chi connectivity index (χ4v) is 1.86. The van der Waals surface area contributed by atoms with Gasteiger partial charge in [-0.2, -0.15) is 0 Å². The average molecular weight is 267 g/mol. The van der Waals surface area contributed by atoms with Crippen LogP contribution in [0.25, 0.3) is 0 Å². The van der Waals surface area contributed by atoms with Crippen LogP contribution in [-0.2, 0) is 20.1 Å². The molecule has 1 heterocycles. The zero-order chi connectivity index (χ0) is 13.0. The monoisotopic (exact) mass is 266 g/mol. The molecule has 6 heteroatoms. The maximum atomic E-state index is 5.97. The molecule has 0 atom stereocenters. The van der Waals surface area contributed by atoms with Crippen LogP contribution in [0.15, 0.2) is 24.5 Å². The van der Waals surface area contributed by atoms with E-state index in [1.807, 2.05) is 29.8 Å². The Morgan fingerprint density at radius 3 is 2.89 bits per heavy atom.